The van der Waals surface area contributed by atoms with Gasteiger partial charge in [-0.15, -0.1) is 0 Å². The Morgan fingerprint density at radius 2 is 2.15 bits per heavy atom. The zero-order chi connectivity index (χ0) is 19.4. The number of ether oxygens (including phenoxy) is 1. The fourth-order valence-corrected chi connectivity index (χ4v) is 3.36. The first-order chi connectivity index (χ1) is 13.0. The summed E-state index contributed by atoms with van der Waals surface area (Å²) in [5.41, 5.74) is 1.35. The van der Waals surface area contributed by atoms with Gasteiger partial charge in [0.25, 0.3) is 5.91 Å². The topological polar surface area (TPSA) is 59.4 Å². The number of carbonyl (C=O) groups is 1. The van der Waals surface area contributed by atoms with Crippen LogP contribution in [-0.4, -0.2) is 40.8 Å². The summed E-state index contributed by atoms with van der Waals surface area (Å²) in [5.74, 6) is -3.06. The Hall–Kier alpha value is -2.48. The predicted molar refractivity (Wildman–Crippen MR) is 96.5 cm³/mol. The summed E-state index contributed by atoms with van der Waals surface area (Å²) < 4.78 is 34.4. The van der Waals surface area contributed by atoms with Crippen molar-refractivity contribution in [2.45, 2.75) is 39.4 Å². The number of benzene rings is 1. The third-order valence-electron chi connectivity index (χ3n) is 4.62. The summed E-state index contributed by atoms with van der Waals surface area (Å²) in [6.45, 7) is 6.02. The Morgan fingerprint density at radius 3 is 2.89 bits per heavy atom. The molecule has 1 aliphatic heterocycles. The lowest BCUT2D eigenvalue weighted by Crippen LogP contribution is -2.25. The molecule has 8 heteroatoms. The van der Waals surface area contributed by atoms with Gasteiger partial charge in [0.1, 0.15) is 11.3 Å². The smallest absolute Gasteiger partial charge is 0.258 e. The molecule has 2 aromatic rings. The van der Waals surface area contributed by atoms with Crippen LogP contribution < -0.4 is 10.1 Å². The van der Waals surface area contributed by atoms with Gasteiger partial charge in [0.15, 0.2) is 11.6 Å². The lowest BCUT2D eigenvalue weighted by Gasteiger charge is -2.17. The van der Waals surface area contributed by atoms with Crippen LogP contribution in [0.15, 0.2) is 18.2 Å². The van der Waals surface area contributed by atoms with Gasteiger partial charge in [-0.3, -0.25) is 14.4 Å². The maximum absolute atomic E-state index is 14.0. The van der Waals surface area contributed by atoms with Crippen molar-refractivity contribution >= 4 is 5.91 Å². The van der Waals surface area contributed by atoms with Crippen molar-refractivity contribution in [3.8, 4) is 5.75 Å². The average Bonchev–Trinajstić information content (AvgIpc) is 2.94. The second kappa shape index (κ2) is 8.47. The summed E-state index contributed by atoms with van der Waals surface area (Å²) in [5, 5.41) is 7.13. The maximum Gasteiger partial charge on any atom is 0.258 e. The number of nitrogens with zero attached hydrogens (tertiary/aromatic N) is 3. The van der Waals surface area contributed by atoms with E-state index in [0.29, 0.717) is 5.69 Å². The molecule has 1 amide bonds. The van der Waals surface area contributed by atoms with Gasteiger partial charge in [0.05, 0.1) is 25.0 Å². The van der Waals surface area contributed by atoms with Crippen LogP contribution in [0.1, 0.15) is 41.5 Å². The zero-order valence-corrected chi connectivity index (χ0v) is 15.6. The van der Waals surface area contributed by atoms with E-state index in [9.17, 15) is 13.6 Å². The zero-order valence-electron chi connectivity index (χ0n) is 15.6. The predicted octanol–water partition coefficient (Wildman–Crippen LogP) is 2.72. The molecule has 0 spiro atoms. The fraction of sp³-hybridized carbons (Fsp3) is 0.474. The number of amides is 1. The molecule has 0 bridgehead atoms. The number of methoxy groups -OCH3 is 1. The van der Waals surface area contributed by atoms with Crippen molar-refractivity contribution in [2.75, 3.05) is 20.2 Å². The molecule has 0 unspecified atom stereocenters. The highest BCUT2D eigenvalue weighted by Crippen LogP contribution is 2.23. The lowest BCUT2D eigenvalue weighted by atomic mass is 10.1. The minimum atomic E-state index is -1.22. The highest BCUT2D eigenvalue weighted by atomic mass is 19.2. The molecule has 2 heterocycles. The highest BCUT2D eigenvalue weighted by Gasteiger charge is 2.22. The molecule has 1 aromatic carbocycles. The molecular weight excluding hydrogens is 354 g/mol. The van der Waals surface area contributed by atoms with E-state index in [1.165, 1.54) is 13.2 Å². The third-order valence-corrected chi connectivity index (χ3v) is 4.62. The van der Waals surface area contributed by atoms with E-state index in [2.05, 4.69) is 22.2 Å². The molecule has 0 saturated carbocycles. The SMILES string of the molecule is CCCN1CCCn2nc(CNC(=O)c3c(OC)ccc(F)c3F)cc2C1. The molecule has 1 aliphatic rings. The van der Waals surface area contributed by atoms with E-state index in [0.717, 1.165) is 50.8 Å². The molecule has 0 aliphatic carbocycles. The van der Waals surface area contributed by atoms with Crippen molar-refractivity contribution in [1.82, 2.24) is 20.0 Å². The van der Waals surface area contributed by atoms with Crippen LogP contribution in [0.2, 0.25) is 0 Å². The molecule has 1 N–H and O–H groups in total. The van der Waals surface area contributed by atoms with E-state index in [1.807, 2.05) is 10.7 Å². The summed E-state index contributed by atoms with van der Waals surface area (Å²) >= 11 is 0. The molecule has 0 radical (unpaired) electrons. The molecule has 27 heavy (non-hydrogen) atoms. The fourth-order valence-electron chi connectivity index (χ4n) is 3.36. The molecular formula is C19H24F2N4O2. The van der Waals surface area contributed by atoms with E-state index in [4.69, 9.17) is 4.74 Å². The summed E-state index contributed by atoms with van der Waals surface area (Å²) in [6.07, 6.45) is 2.12. The molecule has 6 nitrogen and oxygen atoms in total. The van der Waals surface area contributed by atoms with E-state index in [-0.39, 0.29) is 12.3 Å². The molecule has 0 saturated heterocycles. The summed E-state index contributed by atoms with van der Waals surface area (Å²) in [4.78, 5) is 14.8. The number of carbonyl (C=O) groups excluding carboxylic acids is 1. The third kappa shape index (κ3) is 4.27. The number of halogens is 2. The van der Waals surface area contributed by atoms with Crippen molar-refractivity contribution in [3.63, 3.8) is 0 Å². The van der Waals surface area contributed by atoms with E-state index < -0.39 is 23.1 Å². The van der Waals surface area contributed by atoms with Gasteiger partial charge >= 0.3 is 0 Å². The Labute approximate surface area is 157 Å². The van der Waals surface area contributed by atoms with Crippen LogP contribution in [0.4, 0.5) is 8.78 Å². The van der Waals surface area contributed by atoms with Crippen molar-refractivity contribution < 1.29 is 18.3 Å². The molecule has 0 fully saturated rings. The Balaban J connectivity index is 1.70. The first-order valence-electron chi connectivity index (χ1n) is 9.11. The number of rotatable bonds is 6. The van der Waals surface area contributed by atoms with Gasteiger partial charge in [0.2, 0.25) is 0 Å². The number of fused-ring (bicyclic) bond motifs is 1. The first-order valence-corrected chi connectivity index (χ1v) is 9.11. The van der Waals surface area contributed by atoms with Crippen molar-refractivity contribution in [1.29, 1.82) is 0 Å². The monoisotopic (exact) mass is 378 g/mol. The Morgan fingerprint density at radius 1 is 1.33 bits per heavy atom. The number of aromatic nitrogens is 2. The van der Waals surface area contributed by atoms with Gasteiger partial charge in [-0.2, -0.15) is 5.10 Å². The lowest BCUT2D eigenvalue weighted by molar-refractivity contribution is 0.0941. The quantitative estimate of drug-likeness (QED) is 0.840. The van der Waals surface area contributed by atoms with E-state index >= 15 is 0 Å². The van der Waals surface area contributed by atoms with Crippen molar-refractivity contribution in [3.05, 3.63) is 46.8 Å². The molecule has 3 rings (SSSR count). The van der Waals surface area contributed by atoms with Crippen molar-refractivity contribution in [2.24, 2.45) is 0 Å². The number of hydrogen-bond donors (Lipinski definition) is 1. The minimum absolute atomic E-state index is 0.0118. The van der Waals surface area contributed by atoms with Gasteiger partial charge in [0, 0.05) is 19.6 Å². The molecule has 146 valence electrons. The van der Waals surface area contributed by atoms with Gasteiger partial charge in [-0.25, -0.2) is 8.78 Å². The van der Waals surface area contributed by atoms with Crippen LogP contribution in [0.25, 0.3) is 0 Å². The number of nitrogens with one attached hydrogen (secondary N) is 1. The minimum Gasteiger partial charge on any atom is -0.496 e. The molecule has 0 atom stereocenters. The highest BCUT2D eigenvalue weighted by molar-refractivity contribution is 5.97. The van der Waals surface area contributed by atoms with Crippen LogP contribution in [0, 0.1) is 11.6 Å². The number of aryl methyl sites for hydroxylation is 1. The second-order valence-corrected chi connectivity index (χ2v) is 6.60. The maximum atomic E-state index is 14.0. The van der Waals surface area contributed by atoms with Gasteiger partial charge in [-0.1, -0.05) is 6.92 Å². The summed E-state index contributed by atoms with van der Waals surface area (Å²) in [6, 6.07) is 4.11. The van der Waals surface area contributed by atoms with Crippen LogP contribution >= 0.6 is 0 Å². The normalized spacial score (nSPS) is 14.5. The van der Waals surface area contributed by atoms with Gasteiger partial charge < -0.3 is 10.1 Å². The largest absolute Gasteiger partial charge is 0.496 e. The molecule has 1 aromatic heterocycles. The standard InChI is InChI=1S/C19H24F2N4O2/c1-3-7-24-8-4-9-25-14(12-24)10-13(23-25)11-22-19(26)17-16(27-2)6-5-15(20)18(17)21/h5-6,10H,3-4,7-9,11-12H2,1-2H3,(H,22,26). The first kappa shape index (κ1) is 19.3. The Kier molecular flexibility index (Phi) is 6.05. The summed E-state index contributed by atoms with van der Waals surface area (Å²) in [7, 11) is 1.30. The number of hydrogen-bond acceptors (Lipinski definition) is 4. The van der Waals surface area contributed by atoms with E-state index in [1.54, 1.807) is 0 Å². The average molecular weight is 378 g/mol. The van der Waals surface area contributed by atoms with Gasteiger partial charge in [-0.05, 0) is 37.6 Å². The second-order valence-electron chi connectivity index (χ2n) is 6.60. The Bertz CT molecular complexity index is 822. The van der Waals surface area contributed by atoms with Crippen LogP contribution in [0.5, 0.6) is 5.75 Å². The van der Waals surface area contributed by atoms with Crippen LogP contribution in [0.3, 0.4) is 0 Å². The van der Waals surface area contributed by atoms with Crippen LogP contribution in [-0.2, 0) is 19.6 Å².